The molecule has 0 radical (unpaired) electrons. The largest absolute Gasteiger partial charge is 0.496 e. The van der Waals surface area contributed by atoms with E-state index < -0.39 is 18.5 Å². The third-order valence-electron chi connectivity index (χ3n) is 4.61. The van der Waals surface area contributed by atoms with Crippen LogP contribution < -0.4 is 19.5 Å². The van der Waals surface area contributed by atoms with Gasteiger partial charge < -0.3 is 24.3 Å². The summed E-state index contributed by atoms with van der Waals surface area (Å²) in [5.74, 6) is 0.602. The lowest BCUT2D eigenvalue weighted by Gasteiger charge is -2.14. The minimum atomic E-state index is -0.550. The molecule has 0 aliphatic heterocycles. The van der Waals surface area contributed by atoms with Crippen molar-refractivity contribution < 1.29 is 28.5 Å². The summed E-state index contributed by atoms with van der Waals surface area (Å²) in [6.45, 7) is -0.216. The van der Waals surface area contributed by atoms with E-state index in [1.807, 2.05) is 30.3 Å². The molecule has 0 saturated carbocycles. The number of methoxy groups -OCH3 is 3. The summed E-state index contributed by atoms with van der Waals surface area (Å²) in [7, 11) is 4.58. The molecule has 3 aromatic rings. The van der Waals surface area contributed by atoms with Gasteiger partial charge in [-0.2, -0.15) is 0 Å². The van der Waals surface area contributed by atoms with Crippen molar-refractivity contribution in [1.29, 1.82) is 0 Å². The Bertz CT molecular complexity index is 1060. The van der Waals surface area contributed by atoms with Crippen LogP contribution in [0.4, 0.5) is 0 Å². The Morgan fingerprint density at radius 3 is 2.23 bits per heavy atom. The molecule has 0 spiro atoms. The van der Waals surface area contributed by atoms with E-state index in [9.17, 15) is 9.59 Å². The lowest BCUT2D eigenvalue weighted by atomic mass is 10.1. The number of nitrogens with one attached hydrogen (secondary N) is 1. The molecule has 0 fully saturated rings. The number of hydrogen-bond donors (Lipinski definition) is 1. The van der Waals surface area contributed by atoms with Gasteiger partial charge in [-0.3, -0.25) is 4.79 Å². The summed E-state index contributed by atoms with van der Waals surface area (Å²) in [6.07, 6.45) is 0. The SMILES string of the molecule is COc1cc(OC)c(OC)cc1CNC(=O)COC(=O)c1cccc2ccccc12. The van der Waals surface area contributed by atoms with E-state index in [1.54, 1.807) is 24.3 Å². The van der Waals surface area contributed by atoms with Gasteiger partial charge in [0.05, 0.1) is 26.9 Å². The highest BCUT2D eigenvalue weighted by atomic mass is 16.5. The second kappa shape index (κ2) is 9.65. The standard InChI is InChI=1S/C23H23NO6/c1-27-19-12-21(29-3)20(28-2)11-16(19)13-24-22(25)14-30-23(26)18-10-6-8-15-7-4-5-9-17(15)18/h4-12H,13-14H2,1-3H3,(H,24,25). The Morgan fingerprint density at radius 1 is 0.833 bits per heavy atom. The molecular weight excluding hydrogens is 386 g/mol. The normalized spacial score (nSPS) is 10.4. The number of fused-ring (bicyclic) bond motifs is 1. The van der Waals surface area contributed by atoms with Crippen LogP contribution in [0.25, 0.3) is 10.8 Å². The molecule has 7 nitrogen and oxygen atoms in total. The molecular formula is C23H23NO6. The zero-order valence-corrected chi connectivity index (χ0v) is 17.1. The van der Waals surface area contributed by atoms with Crippen LogP contribution in [0.5, 0.6) is 17.2 Å². The monoisotopic (exact) mass is 409 g/mol. The fraction of sp³-hybridized carbons (Fsp3) is 0.217. The Morgan fingerprint density at radius 2 is 1.50 bits per heavy atom. The number of carbonyl (C=O) groups excluding carboxylic acids is 2. The molecule has 0 aliphatic carbocycles. The molecule has 0 saturated heterocycles. The van der Waals surface area contributed by atoms with Crippen LogP contribution in [0, 0.1) is 0 Å². The molecule has 0 bridgehead atoms. The van der Waals surface area contributed by atoms with Gasteiger partial charge in [-0.05, 0) is 22.9 Å². The van der Waals surface area contributed by atoms with Gasteiger partial charge in [0.2, 0.25) is 0 Å². The van der Waals surface area contributed by atoms with Gasteiger partial charge in [-0.1, -0.05) is 36.4 Å². The first-order chi connectivity index (χ1) is 14.6. The van der Waals surface area contributed by atoms with Crippen LogP contribution in [-0.4, -0.2) is 39.8 Å². The van der Waals surface area contributed by atoms with Crippen molar-refractivity contribution in [2.45, 2.75) is 6.54 Å². The molecule has 3 aromatic carbocycles. The van der Waals surface area contributed by atoms with Gasteiger partial charge in [0, 0.05) is 18.2 Å². The van der Waals surface area contributed by atoms with E-state index in [4.69, 9.17) is 18.9 Å². The summed E-state index contributed by atoms with van der Waals surface area (Å²) in [4.78, 5) is 24.6. The first-order valence-electron chi connectivity index (χ1n) is 9.27. The summed E-state index contributed by atoms with van der Waals surface area (Å²) in [6, 6.07) is 16.3. The van der Waals surface area contributed by atoms with Crippen molar-refractivity contribution in [2.75, 3.05) is 27.9 Å². The topological polar surface area (TPSA) is 83.1 Å². The van der Waals surface area contributed by atoms with Crippen LogP contribution in [0.1, 0.15) is 15.9 Å². The maximum Gasteiger partial charge on any atom is 0.339 e. The Kier molecular flexibility index (Phi) is 6.75. The second-order valence-electron chi connectivity index (χ2n) is 6.40. The number of amides is 1. The quantitative estimate of drug-likeness (QED) is 0.575. The number of carbonyl (C=O) groups is 2. The zero-order valence-electron chi connectivity index (χ0n) is 17.1. The zero-order chi connectivity index (χ0) is 21.5. The average Bonchev–Trinajstić information content (AvgIpc) is 2.80. The number of esters is 1. The van der Waals surface area contributed by atoms with Gasteiger partial charge in [-0.25, -0.2) is 4.79 Å². The van der Waals surface area contributed by atoms with Crippen LogP contribution in [0.3, 0.4) is 0 Å². The maximum atomic E-state index is 12.4. The summed E-state index contributed by atoms with van der Waals surface area (Å²) in [5.41, 5.74) is 1.12. The first kappa shape index (κ1) is 21.0. The van der Waals surface area contributed by atoms with E-state index in [0.29, 0.717) is 28.4 Å². The predicted molar refractivity (Wildman–Crippen MR) is 112 cm³/mol. The highest BCUT2D eigenvalue weighted by molar-refractivity contribution is 6.04. The van der Waals surface area contributed by atoms with Crippen LogP contribution in [-0.2, 0) is 16.1 Å². The van der Waals surface area contributed by atoms with Gasteiger partial charge >= 0.3 is 5.97 Å². The minimum absolute atomic E-state index is 0.175. The lowest BCUT2D eigenvalue weighted by molar-refractivity contribution is -0.124. The molecule has 0 heterocycles. The van der Waals surface area contributed by atoms with Crippen molar-refractivity contribution >= 4 is 22.6 Å². The van der Waals surface area contributed by atoms with Gasteiger partial charge in [0.15, 0.2) is 18.1 Å². The van der Waals surface area contributed by atoms with Gasteiger partial charge in [0.1, 0.15) is 5.75 Å². The summed E-state index contributed by atoms with van der Waals surface area (Å²) >= 11 is 0. The van der Waals surface area contributed by atoms with Gasteiger partial charge in [0.25, 0.3) is 5.91 Å². The van der Waals surface area contributed by atoms with E-state index in [0.717, 1.165) is 10.8 Å². The molecule has 0 atom stereocenters. The second-order valence-corrected chi connectivity index (χ2v) is 6.40. The number of hydrogen-bond acceptors (Lipinski definition) is 6. The third kappa shape index (κ3) is 4.63. The number of benzene rings is 3. The molecule has 156 valence electrons. The molecule has 30 heavy (non-hydrogen) atoms. The Balaban J connectivity index is 1.62. The molecule has 1 amide bonds. The minimum Gasteiger partial charge on any atom is -0.496 e. The van der Waals surface area contributed by atoms with Crippen LogP contribution in [0.15, 0.2) is 54.6 Å². The average molecular weight is 409 g/mol. The first-order valence-corrected chi connectivity index (χ1v) is 9.27. The fourth-order valence-electron chi connectivity index (χ4n) is 3.09. The molecule has 0 aliphatic rings. The van der Waals surface area contributed by atoms with Crippen molar-refractivity contribution in [3.8, 4) is 17.2 Å². The molecule has 7 heteroatoms. The maximum absolute atomic E-state index is 12.4. The highest BCUT2D eigenvalue weighted by Gasteiger charge is 2.15. The lowest BCUT2D eigenvalue weighted by Crippen LogP contribution is -2.28. The third-order valence-corrected chi connectivity index (χ3v) is 4.61. The summed E-state index contributed by atoms with van der Waals surface area (Å²) in [5, 5.41) is 4.42. The Hall–Kier alpha value is -3.74. The molecule has 0 unspecified atom stereocenters. The predicted octanol–water partition coefficient (Wildman–Crippen LogP) is 3.34. The summed E-state index contributed by atoms with van der Waals surface area (Å²) < 4.78 is 21.1. The van der Waals surface area contributed by atoms with Crippen molar-refractivity contribution in [2.24, 2.45) is 0 Å². The number of rotatable bonds is 8. The van der Waals surface area contributed by atoms with Crippen molar-refractivity contribution in [3.05, 3.63) is 65.7 Å². The highest BCUT2D eigenvalue weighted by Crippen LogP contribution is 2.34. The van der Waals surface area contributed by atoms with Crippen molar-refractivity contribution in [3.63, 3.8) is 0 Å². The van der Waals surface area contributed by atoms with Gasteiger partial charge in [-0.15, -0.1) is 0 Å². The van der Waals surface area contributed by atoms with Crippen LogP contribution >= 0.6 is 0 Å². The molecule has 1 N–H and O–H groups in total. The van der Waals surface area contributed by atoms with Crippen molar-refractivity contribution in [1.82, 2.24) is 5.32 Å². The Labute approximate surface area is 174 Å². The molecule has 3 rings (SSSR count). The fourth-order valence-corrected chi connectivity index (χ4v) is 3.09. The number of ether oxygens (including phenoxy) is 4. The van der Waals surface area contributed by atoms with Crippen LogP contribution in [0.2, 0.25) is 0 Å². The van der Waals surface area contributed by atoms with E-state index in [1.165, 1.54) is 21.3 Å². The van der Waals surface area contributed by atoms with E-state index in [-0.39, 0.29) is 6.54 Å². The van der Waals surface area contributed by atoms with E-state index in [2.05, 4.69) is 5.32 Å². The van der Waals surface area contributed by atoms with E-state index >= 15 is 0 Å². The smallest absolute Gasteiger partial charge is 0.339 e. The molecule has 0 aromatic heterocycles.